The number of amides is 1. The van der Waals surface area contributed by atoms with E-state index in [1.165, 1.54) is 0 Å². The largest absolute Gasteiger partial charge is 0.506 e. The maximum atomic E-state index is 12.3. The van der Waals surface area contributed by atoms with Gasteiger partial charge >= 0.3 is 0 Å². The van der Waals surface area contributed by atoms with Crippen molar-refractivity contribution in [1.82, 2.24) is 0 Å². The van der Waals surface area contributed by atoms with E-state index in [1.54, 1.807) is 18.3 Å². The number of rotatable bonds is 5. The van der Waals surface area contributed by atoms with Gasteiger partial charge in [-0.1, -0.05) is 30.3 Å². The third-order valence-corrected chi connectivity index (χ3v) is 5.25. The number of carbonyl (C=O) groups excluding carboxylic acids is 1. The summed E-state index contributed by atoms with van der Waals surface area (Å²) in [6, 6.07) is 17.1. The van der Waals surface area contributed by atoms with Crippen LogP contribution in [-0.4, -0.2) is 23.8 Å². The van der Waals surface area contributed by atoms with E-state index in [9.17, 15) is 9.90 Å². The zero-order valence-corrected chi connectivity index (χ0v) is 17.4. The van der Waals surface area contributed by atoms with Gasteiger partial charge in [0.05, 0.1) is 14.6 Å². The first-order valence-electron chi connectivity index (χ1n) is 8.17. The van der Waals surface area contributed by atoms with E-state index in [-0.39, 0.29) is 18.2 Å². The van der Waals surface area contributed by atoms with E-state index >= 15 is 0 Å². The Hall–Kier alpha value is -2.22. The minimum Gasteiger partial charge on any atom is -0.506 e. The summed E-state index contributed by atoms with van der Waals surface area (Å²) in [4.78, 5) is 16.5. The van der Waals surface area contributed by atoms with E-state index in [2.05, 4.69) is 36.9 Å². The van der Waals surface area contributed by atoms with Crippen LogP contribution in [-0.2, 0) is 11.2 Å². The third-order valence-electron chi connectivity index (χ3n) is 4.04. The Balaban J connectivity index is 1.61. The molecule has 0 aliphatic rings. The van der Waals surface area contributed by atoms with Gasteiger partial charge in [0, 0.05) is 12.6 Å². The molecule has 1 amide bonds. The summed E-state index contributed by atoms with van der Waals surface area (Å²) < 4.78 is 1.20. The van der Waals surface area contributed by atoms with Crippen molar-refractivity contribution in [1.29, 1.82) is 0 Å². The molecule has 0 saturated carbocycles. The second kappa shape index (κ2) is 8.65. The number of aromatic hydroxyl groups is 1. The lowest BCUT2D eigenvalue weighted by Crippen LogP contribution is -2.39. The van der Waals surface area contributed by atoms with Crippen molar-refractivity contribution in [2.24, 2.45) is 10.8 Å². The average molecular weight is 491 g/mol. The highest BCUT2D eigenvalue weighted by atomic mass is 79.9. The lowest BCUT2D eigenvalue weighted by atomic mass is 10.1. The molecule has 3 aromatic carbocycles. The minimum atomic E-state index is -0.297. The predicted octanol–water partition coefficient (Wildman–Crippen LogP) is 4.59. The van der Waals surface area contributed by atoms with Gasteiger partial charge in [0.15, 0.2) is 0 Å². The van der Waals surface area contributed by atoms with E-state index < -0.39 is 0 Å². The fourth-order valence-corrected chi connectivity index (χ4v) is 3.88. The number of fused-ring (bicyclic) bond motifs is 1. The molecule has 3 rings (SSSR count). The molecule has 3 aromatic rings. The molecule has 5 nitrogen and oxygen atoms in total. The number of nitrogens with two attached hydrogens (primary N) is 1. The molecule has 0 radical (unpaired) electrons. The van der Waals surface area contributed by atoms with Crippen molar-refractivity contribution in [2.75, 3.05) is 11.6 Å². The fraction of sp³-hybridized carbons (Fsp3) is 0.100. The van der Waals surface area contributed by atoms with Gasteiger partial charge < -0.3 is 5.11 Å². The first-order valence-corrected chi connectivity index (χ1v) is 9.76. The standard InChI is InChI=1S/C20H17Br2N3O2/c21-17-9-13(10-18(22)20(17)27)7-8-24-12-19(26)25(23)16-6-5-14-3-1-2-4-15(14)11-16/h1-6,8-11,27H,7,12,23H2. The van der Waals surface area contributed by atoms with Gasteiger partial charge in [0.25, 0.3) is 5.91 Å². The lowest BCUT2D eigenvalue weighted by Gasteiger charge is -2.16. The Morgan fingerprint density at radius 2 is 1.74 bits per heavy atom. The summed E-state index contributed by atoms with van der Waals surface area (Å²) in [5.74, 6) is 5.81. The van der Waals surface area contributed by atoms with Gasteiger partial charge in [-0.05, 0) is 72.5 Å². The molecule has 0 fully saturated rings. The number of hydrogen-bond acceptors (Lipinski definition) is 4. The summed E-state index contributed by atoms with van der Waals surface area (Å²) in [6.07, 6.45) is 2.20. The van der Waals surface area contributed by atoms with Crippen LogP contribution in [0.2, 0.25) is 0 Å². The number of halogens is 2. The molecule has 0 aliphatic carbocycles. The zero-order valence-electron chi connectivity index (χ0n) is 14.3. The highest BCUT2D eigenvalue weighted by Gasteiger charge is 2.11. The summed E-state index contributed by atoms with van der Waals surface area (Å²) >= 11 is 6.58. The number of hydrazine groups is 1. The van der Waals surface area contributed by atoms with Crippen LogP contribution in [0.5, 0.6) is 5.75 Å². The topological polar surface area (TPSA) is 78.9 Å². The van der Waals surface area contributed by atoms with E-state index in [0.717, 1.165) is 21.3 Å². The Bertz CT molecular complexity index is 998. The Kier molecular flexibility index (Phi) is 6.26. The summed E-state index contributed by atoms with van der Waals surface area (Å²) in [5.41, 5.74) is 1.57. The molecule has 0 saturated heterocycles. The van der Waals surface area contributed by atoms with E-state index in [0.29, 0.717) is 21.1 Å². The second-order valence-corrected chi connectivity index (χ2v) is 7.64. The number of carbonyl (C=O) groups is 1. The summed E-state index contributed by atoms with van der Waals surface area (Å²) in [6.45, 7) is -0.0379. The highest BCUT2D eigenvalue weighted by Crippen LogP contribution is 2.33. The van der Waals surface area contributed by atoms with Gasteiger partial charge in [-0.2, -0.15) is 0 Å². The number of phenols is 1. The summed E-state index contributed by atoms with van der Waals surface area (Å²) in [7, 11) is 0. The maximum Gasteiger partial charge on any atom is 0.262 e. The van der Waals surface area contributed by atoms with E-state index in [1.807, 2.05) is 42.5 Å². The van der Waals surface area contributed by atoms with Crippen molar-refractivity contribution in [3.8, 4) is 5.75 Å². The predicted molar refractivity (Wildman–Crippen MR) is 116 cm³/mol. The molecule has 7 heteroatoms. The summed E-state index contributed by atoms with van der Waals surface area (Å²) in [5, 5.41) is 12.9. The van der Waals surface area contributed by atoms with Crippen LogP contribution in [0.25, 0.3) is 10.8 Å². The van der Waals surface area contributed by atoms with Crippen molar-refractivity contribution in [2.45, 2.75) is 6.42 Å². The molecular weight excluding hydrogens is 474 g/mol. The number of nitrogens with zero attached hydrogens (tertiary/aromatic N) is 2. The first kappa shape index (κ1) is 19.5. The highest BCUT2D eigenvalue weighted by molar-refractivity contribution is 9.11. The Labute approximate surface area is 173 Å². The number of phenolic OH excluding ortho intramolecular Hbond substituents is 1. The van der Waals surface area contributed by atoms with E-state index in [4.69, 9.17) is 5.84 Å². The van der Waals surface area contributed by atoms with Crippen LogP contribution in [0, 0.1) is 0 Å². The van der Waals surface area contributed by atoms with Crippen LogP contribution in [0.3, 0.4) is 0 Å². The molecular formula is C20H17Br2N3O2. The molecule has 27 heavy (non-hydrogen) atoms. The van der Waals surface area contributed by atoms with Gasteiger partial charge in [-0.3, -0.25) is 9.79 Å². The first-order chi connectivity index (χ1) is 13.0. The van der Waals surface area contributed by atoms with Crippen molar-refractivity contribution >= 4 is 60.4 Å². The molecule has 0 aliphatic heterocycles. The maximum absolute atomic E-state index is 12.3. The van der Waals surface area contributed by atoms with Crippen LogP contribution in [0.4, 0.5) is 5.69 Å². The monoisotopic (exact) mass is 489 g/mol. The molecule has 0 unspecified atom stereocenters. The lowest BCUT2D eigenvalue weighted by molar-refractivity contribution is -0.117. The SMILES string of the molecule is NN(C(=O)CN=CCc1cc(Br)c(O)c(Br)c1)c1ccc2ccccc2c1. The number of hydrogen-bond donors (Lipinski definition) is 2. The van der Waals surface area contributed by atoms with Crippen molar-refractivity contribution < 1.29 is 9.90 Å². The molecule has 0 spiro atoms. The molecule has 3 N–H and O–H groups in total. The Morgan fingerprint density at radius 1 is 1.07 bits per heavy atom. The Morgan fingerprint density at radius 3 is 2.44 bits per heavy atom. The minimum absolute atomic E-state index is 0.0379. The molecule has 0 heterocycles. The van der Waals surface area contributed by atoms with Crippen LogP contribution >= 0.6 is 31.9 Å². The zero-order chi connectivity index (χ0) is 19.4. The van der Waals surface area contributed by atoms with Crippen molar-refractivity contribution in [3.63, 3.8) is 0 Å². The second-order valence-electron chi connectivity index (χ2n) is 5.93. The number of aliphatic imine (C=N–C) groups is 1. The number of benzene rings is 3. The van der Waals surface area contributed by atoms with Crippen LogP contribution in [0.1, 0.15) is 5.56 Å². The molecule has 0 atom stereocenters. The average Bonchev–Trinajstić information content (AvgIpc) is 2.68. The number of anilines is 1. The molecule has 0 bridgehead atoms. The molecule has 138 valence electrons. The molecule has 0 aromatic heterocycles. The van der Waals surface area contributed by atoms with Gasteiger partial charge in [0.1, 0.15) is 12.3 Å². The smallest absolute Gasteiger partial charge is 0.262 e. The van der Waals surface area contributed by atoms with Gasteiger partial charge in [-0.25, -0.2) is 10.9 Å². The third kappa shape index (κ3) is 4.74. The normalized spacial score (nSPS) is 11.2. The van der Waals surface area contributed by atoms with Crippen LogP contribution < -0.4 is 10.9 Å². The quantitative estimate of drug-likeness (QED) is 0.237. The van der Waals surface area contributed by atoms with Crippen molar-refractivity contribution in [3.05, 3.63) is 69.1 Å². The fourth-order valence-electron chi connectivity index (χ4n) is 2.60. The van der Waals surface area contributed by atoms with Gasteiger partial charge in [0.2, 0.25) is 0 Å². The van der Waals surface area contributed by atoms with Crippen LogP contribution in [0.15, 0.2) is 68.5 Å². The van der Waals surface area contributed by atoms with Gasteiger partial charge in [-0.15, -0.1) is 0 Å².